The number of aromatic nitrogens is 1. The standard InChI is InChI=1S/C19H18N2O4S/c1-23-9-8-21-14-4-2-3-5-17(14)26-19(21)20-18(22)13-6-7-15-16(12-13)25-11-10-24-15/h2-7,12H,8-11H2,1H3. The topological polar surface area (TPSA) is 62.1 Å². The van der Waals surface area contributed by atoms with Crippen LogP contribution in [0.1, 0.15) is 10.4 Å². The molecule has 0 unspecified atom stereocenters. The summed E-state index contributed by atoms with van der Waals surface area (Å²) >= 11 is 1.49. The van der Waals surface area contributed by atoms with E-state index in [-0.39, 0.29) is 5.91 Å². The molecule has 0 saturated carbocycles. The summed E-state index contributed by atoms with van der Waals surface area (Å²) in [4.78, 5) is 17.7. The second kappa shape index (κ2) is 7.31. The number of ether oxygens (including phenoxy) is 3. The monoisotopic (exact) mass is 370 g/mol. The molecule has 0 saturated heterocycles. The van der Waals surface area contributed by atoms with E-state index in [0.29, 0.717) is 48.2 Å². The van der Waals surface area contributed by atoms with Crippen LogP contribution in [0, 0.1) is 0 Å². The van der Waals surface area contributed by atoms with E-state index in [1.54, 1.807) is 25.3 Å². The summed E-state index contributed by atoms with van der Waals surface area (Å²) < 4.78 is 19.3. The highest BCUT2D eigenvalue weighted by Crippen LogP contribution is 2.30. The molecule has 0 fully saturated rings. The second-order valence-electron chi connectivity index (χ2n) is 5.77. The Morgan fingerprint density at radius 2 is 2.00 bits per heavy atom. The molecule has 134 valence electrons. The first-order valence-corrected chi connectivity index (χ1v) is 9.14. The number of carbonyl (C=O) groups is 1. The molecule has 1 aliphatic rings. The zero-order valence-corrected chi connectivity index (χ0v) is 15.1. The first kappa shape index (κ1) is 16.8. The molecule has 4 rings (SSSR count). The fourth-order valence-corrected chi connectivity index (χ4v) is 3.89. The molecular formula is C19H18N2O4S. The van der Waals surface area contributed by atoms with Gasteiger partial charge in [-0.05, 0) is 30.3 Å². The minimum atomic E-state index is -0.306. The molecule has 7 heteroatoms. The smallest absolute Gasteiger partial charge is 0.279 e. The molecule has 0 bridgehead atoms. The molecule has 26 heavy (non-hydrogen) atoms. The van der Waals surface area contributed by atoms with Crippen LogP contribution in [0.15, 0.2) is 47.5 Å². The first-order chi connectivity index (χ1) is 12.8. The number of carbonyl (C=O) groups excluding carboxylic acids is 1. The summed E-state index contributed by atoms with van der Waals surface area (Å²) in [6.07, 6.45) is 0. The van der Waals surface area contributed by atoms with Crippen molar-refractivity contribution in [1.29, 1.82) is 0 Å². The highest BCUT2D eigenvalue weighted by molar-refractivity contribution is 7.16. The lowest BCUT2D eigenvalue weighted by Crippen LogP contribution is -2.19. The Hall–Kier alpha value is -2.64. The third-order valence-corrected chi connectivity index (χ3v) is 5.15. The van der Waals surface area contributed by atoms with Gasteiger partial charge in [-0.2, -0.15) is 4.99 Å². The number of para-hydroxylation sites is 1. The van der Waals surface area contributed by atoms with Gasteiger partial charge in [0.2, 0.25) is 0 Å². The van der Waals surface area contributed by atoms with E-state index >= 15 is 0 Å². The lowest BCUT2D eigenvalue weighted by atomic mass is 10.2. The number of rotatable bonds is 4. The molecule has 3 aromatic rings. The summed E-state index contributed by atoms with van der Waals surface area (Å²) in [5.41, 5.74) is 1.52. The van der Waals surface area contributed by atoms with Crippen molar-refractivity contribution >= 4 is 27.5 Å². The molecule has 0 atom stereocenters. The molecule has 1 aromatic heterocycles. The average Bonchev–Trinajstić information content (AvgIpc) is 3.02. The van der Waals surface area contributed by atoms with Crippen molar-refractivity contribution in [3.8, 4) is 11.5 Å². The maximum atomic E-state index is 12.7. The zero-order valence-electron chi connectivity index (χ0n) is 14.3. The summed E-state index contributed by atoms with van der Waals surface area (Å²) in [6, 6.07) is 13.2. The lowest BCUT2D eigenvalue weighted by Gasteiger charge is -2.18. The summed E-state index contributed by atoms with van der Waals surface area (Å²) in [6.45, 7) is 2.18. The highest BCUT2D eigenvalue weighted by atomic mass is 32.1. The van der Waals surface area contributed by atoms with Gasteiger partial charge in [0.15, 0.2) is 16.3 Å². The van der Waals surface area contributed by atoms with Gasteiger partial charge in [0.05, 0.1) is 16.8 Å². The Balaban J connectivity index is 1.74. The zero-order chi connectivity index (χ0) is 17.9. The molecular weight excluding hydrogens is 352 g/mol. The predicted octanol–water partition coefficient (Wildman–Crippen LogP) is 2.86. The van der Waals surface area contributed by atoms with Crippen molar-refractivity contribution in [2.75, 3.05) is 26.9 Å². The molecule has 2 aromatic carbocycles. The van der Waals surface area contributed by atoms with Gasteiger partial charge in [0.1, 0.15) is 13.2 Å². The van der Waals surface area contributed by atoms with Crippen molar-refractivity contribution in [3.05, 3.63) is 52.8 Å². The summed E-state index contributed by atoms with van der Waals surface area (Å²) in [5, 5.41) is 0. The van der Waals surface area contributed by atoms with E-state index in [0.717, 1.165) is 10.2 Å². The number of amides is 1. The lowest BCUT2D eigenvalue weighted by molar-refractivity contribution is 0.0996. The van der Waals surface area contributed by atoms with E-state index in [9.17, 15) is 4.79 Å². The van der Waals surface area contributed by atoms with Gasteiger partial charge in [-0.15, -0.1) is 0 Å². The maximum absolute atomic E-state index is 12.7. The van der Waals surface area contributed by atoms with Crippen LogP contribution in [0.25, 0.3) is 10.2 Å². The van der Waals surface area contributed by atoms with E-state index in [2.05, 4.69) is 4.99 Å². The van der Waals surface area contributed by atoms with Gasteiger partial charge in [0.25, 0.3) is 5.91 Å². The van der Waals surface area contributed by atoms with Crippen LogP contribution in [0.2, 0.25) is 0 Å². The Morgan fingerprint density at radius 1 is 1.19 bits per heavy atom. The molecule has 0 N–H and O–H groups in total. The first-order valence-electron chi connectivity index (χ1n) is 8.32. The maximum Gasteiger partial charge on any atom is 0.279 e. The van der Waals surface area contributed by atoms with Crippen LogP contribution in [-0.4, -0.2) is 37.4 Å². The number of hydrogen-bond acceptors (Lipinski definition) is 5. The quantitative estimate of drug-likeness (QED) is 0.709. The Kier molecular flexibility index (Phi) is 4.73. The Bertz CT molecular complexity index is 1020. The normalized spacial score (nSPS) is 14.0. The van der Waals surface area contributed by atoms with Gasteiger partial charge in [-0.3, -0.25) is 4.79 Å². The highest BCUT2D eigenvalue weighted by Gasteiger charge is 2.15. The fourth-order valence-electron chi connectivity index (χ4n) is 2.83. The van der Waals surface area contributed by atoms with Gasteiger partial charge >= 0.3 is 0 Å². The number of methoxy groups -OCH3 is 1. The number of hydrogen-bond donors (Lipinski definition) is 0. The molecule has 0 aliphatic carbocycles. The summed E-state index contributed by atoms with van der Waals surface area (Å²) in [7, 11) is 1.66. The number of thiazole rings is 1. The Labute approximate surface area is 154 Å². The van der Waals surface area contributed by atoms with Crippen LogP contribution < -0.4 is 14.3 Å². The molecule has 1 aliphatic heterocycles. The predicted molar refractivity (Wildman–Crippen MR) is 99.0 cm³/mol. The van der Waals surface area contributed by atoms with E-state index < -0.39 is 0 Å². The van der Waals surface area contributed by atoms with E-state index in [1.165, 1.54) is 11.3 Å². The van der Waals surface area contributed by atoms with Crippen LogP contribution >= 0.6 is 11.3 Å². The van der Waals surface area contributed by atoms with Gasteiger partial charge in [-0.25, -0.2) is 0 Å². The van der Waals surface area contributed by atoms with Crippen LogP contribution in [0.4, 0.5) is 0 Å². The van der Waals surface area contributed by atoms with Crippen molar-refractivity contribution in [2.45, 2.75) is 6.54 Å². The molecule has 6 nitrogen and oxygen atoms in total. The minimum Gasteiger partial charge on any atom is -0.486 e. The van der Waals surface area contributed by atoms with Gasteiger partial charge in [-0.1, -0.05) is 23.5 Å². The number of nitrogens with zero attached hydrogens (tertiary/aromatic N) is 2. The van der Waals surface area contributed by atoms with Crippen LogP contribution in [-0.2, 0) is 11.3 Å². The van der Waals surface area contributed by atoms with Gasteiger partial charge in [0, 0.05) is 19.2 Å². The number of fused-ring (bicyclic) bond motifs is 2. The molecule has 1 amide bonds. The molecule has 2 heterocycles. The second-order valence-corrected chi connectivity index (χ2v) is 6.78. The van der Waals surface area contributed by atoms with E-state index in [1.807, 2.05) is 28.8 Å². The third-order valence-electron chi connectivity index (χ3n) is 4.09. The fraction of sp³-hybridized carbons (Fsp3) is 0.263. The molecule has 0 spiro atoms. The largest absolute Gasteiger partial charge is 0.486 e. The minimum absolute atomic E-state index is 0.306. The Morgan fingerprint density at radius 3 is 2.85 bits per heavy atom. The number of benzene rings is 2. The van der Waals surface area contributed by atoms with Crippen LogP contribution in [0.3, 0.4) is 0 Å². The van der Waals surface area contributed by atoms with Crippen molar-refractivity contribution in [3.63, 3.8) is 0 Å². The van der Waals surface area contributed by atoms with E-state index in [4.69, 9.17) is 14.2 Å². The SMILES string of the molecule is COCCn1c(=NC(=O)c2ccc3c(c2)OCCO3)sc2ccccc21. The van der Waals surface area contributed by atoms with Crippen molar-refractivity contribution in [1.82, 2.24) is 4.57 Å². The van der Waals surface area contributed by atoms with Crippen molar-refractivity contribution in [2.24, 2.45) is 4.99 Å². The third kappa shape index (κ3) is 3.23. The summed E-state index contributed by atoms with van der Waals surface area (Å²) in [5.74, 6) is 0.936. The molecule has 0 radical (unpaired) electrons. The van der Waals surface area contributed by atoms with Gasteiger partial charge < -0.3 is 18.8 Å². The van der Waals surface area contributed by atoms with Crippen LogP contribution in [0.5, 0.6) is 11.5 Å². The average molecular weight is 370 g/mol. The van der Waals surface area contributed by atoms with Crippen molar-refractivity contribution < 1.29 is 19.0 Å².